The van der Waals surface area contributed by atoms with Crippen LogP contribution in [0.5, 0.6) is 0 Å². The molecule has 0 aliphatic rings. The Morgan fingerprint density at radius 3 is 2.55 bits per heavy atom. The summed E-state index contributed by atoms with van der Waals surface area (Å²) in [6, 6.07) is 2.13. The molecule has 1 aromatic rings. The predicted octanol–water partition coefficient (Wildman–Crippen LogP) is 2.75. The van der Waals surface area contributed by atoms with Gasteiger partial charge in [0.05, 0.1) is 6.04 Å². The van der Waals surface area contributed by atoms with Crippen LogP contribution in [0.4, 0.5) is 13.6 Å². The van der Waals surface area contributed by atoms with E-state index in [0.29, 0.717) is 17.6 Å². The maximum absolute atomic E-state index is 13.3. The molecule has 0 aliphatic carbocycles. The van der Waals surface area contributed by atoms with E-state index >= 15 is 0 Å². The van der Waals surface area contributed by atoms with Crippen molar-refractivity contribution in [1.29, 1.82) is 0 Å². The van der Waals surface area contributed by atoms with Crippen LogP contribution in [0, 0.1) is 11.6 Å². The summed E-state index contributed by atoms with van der Waals surface area (Å²) in [5.41, 5.74) is 0.916. The molecular formula is C15H18F2N2O3. The van der Waals surface area contributed by atoms with Gasteiger partial charge < -0.3 is 15.7 Å². The molecule has 7 heteroatoms. The van der Waals surface area contributed by atoms with Gasteiger partial charge in [-0.2, -0.15) is 0 Å². The summed E-state index contributed by atoms with van der Waals surface area (Å²) in [7, 11) is 0. The van der Waals surface area contributed by atoms with Gasteiger partial charge in [0.15, 0.2) is 11.6 Å². The number of hydrogen-bond acceptors (Lipinski definition) is 2. The Hall–Kier alpha value is -2.44. The van der Waals surface area contributed by atoms with E-state index in [2.05, 4.69) is 17.2 Å². The second-order valence-corrected chi connectivity index (χ2v) is 4.85. The van der Waals surface area contributed by atoms with Gasteiger partial charge in [-0.1, -0.05) is 18.2 Å². The molecule has 0 radical (unpaired) electrons. The van der Waals surface area contributed by atoms with Crippen LogP contribution in [0.3, 0.4) is 0 Å². The number of rotatable bonds is 7. The van der Waals surface area contributed by atoms with Crippen molar-refractivity contribution in [3.05, 3.63) is 47.5 Å². The molecule has 5 nitrogen and oxygen atoms in total. The number of benzene rings is 1. The van der Waals surface area contributed by atoms with E-state index in [0.717, 1.165) is 12.1 Å². The monoisotopic (exact) mass is 312 g/mol. The largest absolute Gasteiger partial charge is 0.481 e. The Morgan fingerprint density at radius 1 is 1.32 bits per heavy atom. The maximum Gasteiger partial charge on any atom is 0.315 e. The first kappa shape index (κ1) is 17.6. The molecule has 0 saturated carbocycles. The van der Waals surface area contributed by atoms with E-state index < -0.39 is 29.7 Å². The molecule has 0 spiro atoms. The van der Waals surface area contributed by atoms with Crippen molar-refractivity contribution in [2.24, 2.45) is 0 Å². The first-order valence-electron chi connectivity index (χ1n) is 6.67. The van der Waals surface area contributed by atoms with Gasteiger partial charge in [0.2, 0.25) is 0 Å². The quantitative estimate of drug-likeness (QED) is 0.535. The zero-order chi connectivity index (χ0) is 16.7. The number of aliphatic carboxylic acids is 1. The predicted molar refractivity (Wildman–Crippen MR) is 77.3 cm³/mol. The maximum atomic E-state index is 13.3. The third kappa shape index (κ3) is 5.51. The molecule has 0 saturated heterocycles. The summed E-state index contributed by atoms with van der Waals surface area (Å²) in [6.07, 6.45) is 0.249. The Morgan fingerprint density at radius 2 is 2.00 bits per heavy atom. The molecule has 0 heterocycles. The summed E-state index contributed by atoms with van der Waals surface area (Å²) in [5.74, 6) is -2.92. The summed E-state index contributed by atoms with van der Waals surface area (Å²) in [5, 5.41) is 13.6. The zero-order valence-electron chi connectivity index (χ0n) is 12.2. The van der Waals surface area contributed by atoms with Crippen LogP contribution >= 0.6 is 0 Å². The fraction of sp³-hybridized carbons (Fsp3) is 0.333. The SMILES string of the molecule is C=C(C)C(NC(=O)NCCCC(=O)O)c1ccc(F)c(F)c1. The number of carboxylic acid groups (broad SMARTS) is 1. The van der Waals surface area contributed by atoms with Crippen LogP contribution in [0.25, 0.3) is 0 Å². The third-order valence-electron chi connectivity index (χ3n) is 2.90. The normalized spacial score (nSPS) is 11.6. The Balaban J connectivity index is 2.64. The molecule has 1 rings (SSSR count). The molecular weight excluding hydrogens is 294 g/mol. The van der Waals surface area contributed by atoms with Gasteiger partial charge in [0.25, 0.3) is 0 Å². The molecule has 1 unspecified atom stereocenters. The van der Waals surface area contributed by atoms with E-state index in [9.17, 15) is 18.4 Å². The van der Waals surface area contributed by atoms with Crippen molar-refractivity contribution in [2.45, 2.75) is 25.8 Å². The minimum Gasteiger partial charge on any atom is -0.481 e. The molecule has 0 bridgehead atoms. The molecule has 0 aliphatic heterocycles. The van der Waals surface area contributed by atoms with Gasteiger partial charge in [0, 0.05) is 13.0 Å². The minimum atomic E-state index is -1.01. The van der Waals surface area contributed by atoms with Crippen molar-refractivity contribution >= 4 is 12.0 Å². The van der Waals surface area contributed by atoms with Crippen LogP contribution in [-0.2, 0) is 4.79 Å². The number of carbonyl (C=O) groups is 2. The van der Waals surface area contributed by atoms with Gasteiger partial charge in [-0.25, -0.2) is 13.6 Å². The Labute approximate surface area is 127 Å². The molecule has 2 amide bonds. The van der Waals surface area contributed by atoms with Crippen LogP contribution in [-0.4, -0.2) is 23.7 Å². The van der Waals surface area contributed by atoms with Crippen LogP contribution in [0.1, 0.15) is 31.4 Å². The number of nitrogens with one attached hydrogen (secondary N) is 2. The highest BCUT2D eigenvalue weighted by Crippen LogP contribution is 2.21. The highest BCUT2D eigenvalue weighted by molar-refractivity contribution is 5.75. The lowest BCUT2D eigenvalue weighted by atomic mass is 10.0. The highest BCUT2D eigenvalue weighted by Gasteiger charge is 2.17. The topological polar surface area (TPSA) is 78.4 Å². The standard InChI is InChI=1S/C15H18F2N2O3/c1-9(2)14(10-5-6-11(16)12(17)8-10)19-15(22)18-7-3-4-13(20)21/h5-6,8,14H,1,3-4,7H2,2H3,(H,20,21)(H2,18,19,22). The number of hydrogen-bond donors (Lipinski definition) is 3. The van der Waals surface area contributed by atoms with Crippen molar-refractivity contribution < 1.29 is 23.5 Å². The van der Waals surface area contributed by atoms with Crippen molar-refractivity contribution in [3.63, 3.8) is 0 Å². The smallest absolute Gasteiger partial charge is 0.315 e. The second-order valence-electron chi connectivity index (χ2n) is 4.85. The fourth-order valence-electron chi connectivity index (χ4n) is 1.81. The number of halogens is 2. The Kier molecular flexibility index (Phi) is 6.49. The number of amides is 2. The van der Waals surface area contributed by atoms with Crippen molar-refractivity contribution in [3.8, 4) is 0 Å². The van der Waals surface area contributed by atoms with E-state index in [1.54, 1.807) is 6.92 Å². The van der Waals surface area contributed by atoms with Gasteiger partial charge in [-0.3, -0.25) is 4.79 Å². The number of carboxylic acids is 1. The van der Waals surface area contributed by atoms with E-state index in [1.165, 1.54) is 6.07 Å². The lowest BCUT2D eigenvalue weighted by Crippen LogP contribution is -2.38. The third-order valence-corrected chi connectivity index (χ3v) is 2.90. The Bertz CT molecular complexity index is 576. The number of carbonyl (C=O) groups excluding carboxylic acids is 1. The first-order valence-corrected chi connectivity index (χ1v) is 6.67. The molecule has 1 atom stereocenters. The average molecular weight is 312 g/mol. The summed E-state index contributed by atoms with van der Waals surface area (Å²) in [4.78, 5) is 22.1. The van der Waals surface area contributed by atoms with Gasteiger partial charge in [0.1, 0.15) is 0 Å². The van der Waals surface area contributed by atoms with Crippen LogP contribution in [0.15, 0.2) is 30.4 Å². The highest BCUT2D eigenvalue weighted by atomic mass is 19.2. The van der Waals surface area contributed by atoms with Gasteiger partial charge in [-0.05, 0) is 31.0 Å². The lowest BCUT2D eigenvalue weighted by Gasteiger charge is -2.20. The van der Waals surface area contributed by atoms with E-state index in [1.807, 2.05) is 0 Å². The number of urea groups is 1. The molecule has 0 aromatic heterocycles. The van der Waals surface area contributed by atoms with Crippen molar-refractivity contribution in [1.82, 2.24) is 10.6 Å². The first-order chi connectivity index (χ1) is 10.3. The van der Waals surface area contributed by atoms with E-state index in [-0.39, 0.29) is 13.0 Å². The summed E-state index contributed by atoms with van der Waals surface area (Å²) >= 11 is 0. The molecule has 0 fully saturated rings. The lowest BCUT2D eigenvalue weighted by molar-refractivity contribution is -0.137. The molecule has 1 aromatic carbocycles. The van der Waals surface area contributed by atoms with Gasteiger partial charge in [-0.15, -0.1) is 0 Å². The molecule has 22 heavy (non-hydrogen) atoms. The molecule has 120 valence electrons. The fourth-order valence-corrected chi connectivity index (χ4v) is 1.81. The summed E-state index contributed by atoms with van der Waals surface area (Å²) < 4.78 is 26.2. The average Bonchev–Trinajstić information content (AvgIpc) is 2.43. The van der Waals surface area contributed by atoms with Crippen LogP contribution in [0.2, 0.25) is 0 Å². The van der Waals surface area contributed by atoms with Crippen molar-refractivity contribution in [2.75, 3.05) is 6.54 Å². The minimum absolute atomic E-state index is 0.0482. The zero-order valence-corrected chi connectivity index (χ0v) is 12.2. The van der Waals surface area contributed by atoms with E-state index in [4.69, 9.17) is 5.11 Å². The second kappa shape index (κ2) is 8.11. The molecule has 3 N–H and O–H groups in total. The summed E-state index contributed by atoms with van der Waals surface area (Å²) in [6.45, 7) is 5.56. The van der Waals surface area contributed by atoms with Gasteiger partial charge >= 0.3 is 12.0 Å². The van der Waals surface area contributed by atoms with Crippen LogP contribution < -0.4 is 10.6 Å².